The van der Waals surface area contributed by atoms with E-state index in [1.807, 2.05) is 41.9 Å². The van der Waals surface area contributed by atoms with E-state index in [4.69, 9.17) is 10.1 Å². The molecule has 1 saturated heterocycles. The van der Waals surface area contributed by atoms with Gasteiger partial charge in [0.05, 0.1) is 22.4 Å². The molecule has 0 N–H and O–H groups in total. The average molecular weight is 463 g/mol. The number of thioether (sulfide) groups is 1. The van der Waals surface area contributed by atoms with E-state index in [-0.39, 0.29) is 28.7 Å². The third-order valence-corrected chi connectivity index (χ3v) is 9.01. The fourth-order valence-electron chi connectivity index (χ4n) is 4.49. The topological polar surface area (TPSA) is 85.2 Å². The van der Waals surface area contributed by atoms with Crippen molar-refractivity contribution in [1.29, 1.82) is 0 Å². The summed E-state index contributed by atoms with van der Waals surface area (Å²) < 4.78 is 25.5. The summed E-state index contributed by atoms with van der Waals surface area (Å²) in [6, 6.07) is 9.77. The molecule has 7 nitrogen and oxygen atoms in total. The lowest BCUT2D eigenvalue weighted by molar-refractivity contribution is -0.130. The standard InChI is InChI=1S/C22H30N4O3S2/c1-16(21(27)25(2)19-13-14-31(28,29)15-19)30-22-23-20(17-9-5-3-6-10-17)26(24-22)18-11-7-4-8-12-18/h4,7-8,11-12,16-17,19H,3,5-6,9-10,13-15H2,1-2H3. The van der Waals surface area contributed by atoms with Crippen LogP contribution >= 0.6 is 11.8 Å². The van der Waals surface area contributed by atoms with Gasteiger partial charge in [-0.05, 0) is 38.3 Å². The van der Waals surface area contributed by atoms with Gasteiger partial charge in [-0.3, -0.25) is 4.79 Å². The maximum atomic E-state index is 13.0. The highest BCUT2D eigenvalue weighted by Crippen LogP contribution is 2.34. The minimum atomic E-state index is -3.03. The first-order valence-electron chi connectivity index (χ1n) is 11.0. The van der Waals surface area contributed by atoms with Crippen molar-refractivity contribution in [2.45, 2.75) is 67.8 Å². The van der Waals surface area contributed by atoms with Crippen LogP contribution in [0, 0.1) is 0 Å². The number of nitrogens with zero attached hydrogens (tertiary/aromatic N) is 4. The Morgan fingerprint density at radius 2 is 1.87 bits per heavy atom. The molecule has 2 atom stereocenters. The average Bonchev–Trinajstić information content (AvgIpc) is 3.37. The monoisotopic (exact) mass is 462 g/mol. The fraction of sp³-hybridized carbons (Fsp3) is 0.591. The SMILES string of the molecule is CC(Sc1nc(C2CCCCC2)n(-c2ccccc2)n1)C(=O)N(C)C1CCS(=O)(=O)C1. The highest BCUT2D eigenvalue weighted by molar-refractivity contribution is 8.00. The van der Waals surface area contributed by atoms with Crippen LogP contribution in [-0.4, -0.2) is 63.8 Å². The van der Waals surface area contributed by atoms with Gasteiger partial charge in [0.2, 0.25) is 11.1 Å². The van der Waals surface area contributed by atoms with Crippen molar-refractivity contribution < 1.29 is 13.2 Å². The molecule has 1 aliphatic carbocycles. The number of sulfone groups is 1. The Hall–Kier alpha value is -1.87. The van der Waals surface area contributed by atoms with Gasteiger partial charge in [-0.2, -0.15) is 0 Å². The molecule has 1 aromatic heterocycles. The van der Waals surface area contributed by atoms with E-state index in [0.29, 0.717) is 17.5 Å². The highest BCUT2D eigenvalue weighted by Gasteiger charge is 2.35. The van der Waals surface area contributed by atoms with Crippen molar-refractivity contribution in [3.05, 3.63) is 36.2 Å². The third kappa shape index (κ3) is 5.14. The molecular formula is C22H30N4O3S2. The van der Waals surface area contributed by atoms with Crippen LogP contribution in [0.4, 0.5) is 0 Å². The van der Waals surface area contributed by atoms with Crippen LogP contribution in [-0.2, 0) is 14.6 Å². The minimum Gasteiger partial charge on any atom is -0.341 e. The number of benzene rings is 1. The zero-order chi connectivity index (χ0) is 22.0. The van der Waals surface area contributed by atoms with Gasteiger partial charge in [-0.25, -0.2) is 18.1 Å². The Morgan fingerprint density at radius 3 is 2.52 bits per heavy atom. The Labute approximate surface area is 188 Å². The van der Waals surface area contributed by atoms with Gasteiger partial charge in [-0.15, -0.1) is 5.10 Å². The largest absolute Gasteiger partial charge is 0.341 e. The second-order valence-corrected chi connectivity index (χ2v) is 12.1. The molecule has 31 heavy (non-hydrogen) atoms. The van der Waals surface area contributed by atoms with E-state index in [9.17, 15) is 13.2 Å². The van der Waals surface area contributed by atoms with Crippen molar-refractivity contribution in [3.8, 4) is 5.69 Å². The van der Waals surface area contributed by atoms with Crippen LogP contribution in [0.25, 0.3) is 5.69 Å². The Kier molecular flexibility index (Phi) is 6.71. The van der Waals surface area contributed by atoms with Gasteiger partial charge in [0, 0.05) is 19.0 Å². The molecule has 1 aliphatic heterocycles. The molecular weight excluding hydrogens is 432 g/mol. The number of para-hydroxylation sites is 1. The summed E-state index contributed by atoms with van der Waals surface area (Å²) in [5.74, 6) is 1.49. The van der Waals surface area contributed by atoms with Crippen molar-refractivity contribution in [2.75, 3.05) is 18.6 Å². The van der Waals surface area contributed by atoms with Gasteiger partial charge in [0.15, 0.2) is 9.84 Å². The van der Waals surface area contributed by atoms with E-state index >= 15 is 0 Å². The number of amides is 1. The number of carbonyl (C=O) groups excluding carboxylic acids is 1. The summed E-state index contributed by atoms with van der Waals surface area (Å²) in [6.45, 7) is 1.84. The normalized spacial score (nSPS) is 22.3. The van der Waals surface area contributed by atoms with Crippen molar-refractivity contribution in [3.63, 3.8) is 0 Å². The van der Waals surface area contributed by atoms with Gasteiger partial charge in [0.1, 0.15) is 5.82 Å². The molecule has 2 fully saturated rings. The first-order chi connectivity index (χ1) is 14.8. The molecule has 2 aromatic rings. The lowest BCUT2D eigenvalue weighted by Crippen LogP contribution is -2.41. The number of aromatic nitrogens is 3. The Bertz CT molecular complexity index is 1020. The van der Waals surface area contributed by atoms with Gasteiger partial charge < -0.3 is 4.90 Å². The molecule has 4 rings (SSSR count). The summed E-state index contributed by atoms with van der Waals surface area (Å²) in [6.07, 6.45) is 6.42. The number of rotatable bonds is 6. The zero-order valence-corrected chi connectivity index (χ0v) is 19.7. The predicted molar refractivity (Wildman–Crippen MR) is 122 cm³/mol. The number of hydrogen-bond donors (Lipinski definition) is 0. The van der Waals surface area contributed by atoms with Crippen molar-refractivity contribution in [2.24, 2.45) is 0 Å². The lowest BCUT2D eigenvalue weighted by atomic mass is 9.88. The fourth-order valence-corrected chi connectivity index (χ4v) is 7.13. The summed E-state index contributed by atoms with van der Waals surface area (Å²) in [4.78, 5) is 19.4. The summed E-state index contributed by atoms with van der Waals surface area (Å²) >= 11 is 1.35. The van der Waals surface area contributed by atoms with Crippen LogP contribution in [0.2, 0.25) is 0 Å². The summed E-state index contributed by atoms with van der Waals surface area (Å²) in [5, 5.41) is 4.97. The molecule has 0 radical (unpaired) electrons. The van der Waals surface area contributed by atoms with Crippen molar-refractivity contribution in [1.82, 2.24) is 19.7 Å². The lowest BCUT2D eigenvalue weighted by Gasteiger charge is -2.25. The van der Waals surface area contributed by atoms with Crippen LogP contribution in [0.5, 0.6) is 0 Å². The first kappa shape index (κ1) is 22.3. The predicted octanol–water partition coefficient (Wildman–Crippen LogP) is 3.44. The van der Waals surface area contributed by atoms with Gasteiger partial charge >= 0.3 is 0 Å². The number of hydrogen-bond acceptors (Lipinski definition) is 6. The van der Waals surface area contributed by atoms with E-state index in [0.717, 1.165) is 24.4 Å². The van der Waals surface area contributed by atoms with E-state index in [2.05, 4.69) is 0 Å². The maximum absolute atomic E-state index is 13.0. The van der Waals surface area contributed by atoms with E-state index < -0.39 is 9.84 Å². The van der Waals surface area contributed by atoms with Crippen LogP contribution in [0.15, 0.2) is 35.5 Å². The maximum Gasteiger partial charge on any atom is 0.235 e. The van der Waals surface area contributed by atoms with Crippen LogP contribution in [0.3, 0.4) is 0 Å². The highest BCUT2D eigenvalue weighted by atomic mass is 32.2. The molecule has 1 saturated carbocycles. The third-order valence-electron chi connectivity index (χ3n) is 6.32. The van der Waals surface area contributed by atoms with E-state index in [1.54, 1.807) is 11.9 Å². The van der Waals surface area contributed by atoms with Crippen LogP contribution in [0.1, 0.15) is 57.2 Å². The Morgan fingerprint density at radius 1 is 1.16 bits per heavy atom. The molecule has 168 valence electrons. The molecule has 0 bridgehead atoms. The molecule has 1 amide bonds. The van der Waals surface area contributed by atoms with Crippen LogP contribution < -0.4 is 0 Å². The molecule has 9 heteroatoms. The molecule has 2 unspecified atom stereocenters. The first-order valence-corrected chi connectivity index (χ1v) is 13.7. The number of carbonyl (C=O) groups is 1. The van der Waals surface area contributed by atoms with Gasteiger partial charge in [0.25, 0.3) is 0 Å². The second-order valence-electron chi connectivity index (χ2n) is 8.60. The summed E-state index contributed by atoms with van der Waals surface area (Å²) in [5.41, 5.74) is 0.981. The van der Waals surface area contributed by atoms with Gasteiger partial charge in [-0.1, -0.05) is 49.2 Å². The molecule has 2 aliphatic rings. The smallest absolute Gasteiger partial charge is 0.235 e. The van der Waals surface area contributed by atoms with Crippen molar-refractivity contribution >= 4 is 27.5 Å². The second kappa shape index (κ2) is 9.32. The van der Waals surface area contributed by atoms with E-state index in [1.165, 1.54) is 31.0 Å². The molecule has 0 spiro atoms. The molecule has 1 aromatic carbocycles. The summed E-state index contributed by atoms with van der Waals surface area (Å²) in [7, 11) is -1.33. The minimum absolute atomic E-state index is 0.0549. The Balaban J connectivity index is 1.52. The molecule has 2 heterocycles. The zero-order valence-electron chi connectivity index (χ0n) is 18.1. The quantitative estimate of drug-likeness (QED) is 0.612.